The predicted octanol–water partition coefficient (Wildman–Crippen LogP) is 4.20. The fourth-order valence-corrected chi connectivity index (χ4v) is 3.63. The van der Waals surface area contributed by atoms with E-state index in [1.165, 1.54) is 24.3 Å². The summed E-state index contributed by atoms with van der Waals surface area (Å²) >= 11 is 1.93. The summed E-state index contributed by atoms with van der Waals surface area (Å²) < 4.78 is 51.8. The van der Waals surface area contributed by atoms with Crippen molar-refractivity contribution in [3.05, 3.63) is 57.0 Å². The van der Waals surface area contributed by atoms with Gasteiger partial charge in [-0.15, -0.1) is 0 Å². The first kappa shape index (κ1) is 19.8. The van der Waals surface area contributed by atoms with E-state index in [0.717, 1.165) is 12.3 Å². The van der Waals surface area contributed by atoms with Gasteiger partial charge < -0.3 is 9.80 Å². The summed E-state index contributed by atoms with van der Waals surface area (Å²) in [6, 6.07) is 6.40. The second-order valence-corrected chi connectivity index (χ2v) is 7.32. The summed E-state index contributed by atoms with van der Waals surface area (Å²) in [6.07, 6.45) is -2.93. The quantitative estimate of drug-likeness (QED) is 0.465. The molecule has 9 heteroatoms. The van der Waals surface area contributed by atoms with Gasteiger partial charge >= 0.3 is 6.18 Å². The van der Waals surface area contributed by atoms with Crippen molar-refractivity contribution in [1.29, 1.82) is 0 Å². The van der Waals surface area contributed by atoms with E-state index in [1.807, 2.05) is 27.5 Å². The van der Waals surface area contributed by atoms with Crippen LogP contribution >= 0.6 is 22.6 Å². The maximum absolute atomic E-state index is 13.2. The summed E-state index contributed by atoms with van der Waals surface area (Å²) in [5, 5.41) is 0. The first-order valence-electron chi connectivity index (χ1n) is 8.28. The van der Waals surface area contributed by atoms with Crippen molar-refractivity contribution in [3.63, 3.8) is 0 Å². The van der Waals surface area contributed by atoms with E-state index >= 15 is 0 Å². The average molecular weight is 493 g/mol. The van der Waals surface area contributed by atoms with Gasteiger partial charge in [0, 0.05) is 35.9 Å². The minimum Gasteiger partial charge on any atom is -0.355 e. The van der Waals surface area contributed by atoms with E-state index in [2.05, 4.69) is 4.98 Å². The van der Waals surface area contributed by atoms with Crippen molar-refractivity contribution in [2.24, 2.45) is 0 Å². The lowest BCUT2D eigenvalue weighted by atomic mass is 10.2. The van der Waals surface area contributed by atoms with E-state index in [0.29, 0.717) is 47.6 Å². The van der Waals surface area contributed by atoms with Gasteiger partial charge in [0.1, 0.15) is 11.6 Å². The number of nitrogens with zero attached hydrogens (tertiary/aromatic N) is 3. The minimum atomic E-state index is -4.42. The number of alkyl halides is 3. The average Bonchev–Trinajstić information content (AvgIpc) is 2.87. The molecule has 0 bridgehead atoms. The standard InChI is InChI=1S/C18H16F4IN3O/c19-13-3-4-14(15(23)10-13)17(27)26-7-1-6-25(8-9-26)16-5-2-12(11-24-16)18(20,21)22/h2-5,10-11H,1,6-9H2. The third-order valence-electron chi connectivity index (χ3n) is 4.34. The highest BCUT2D eigenvalue weighted by Crippen LogP contribution is 2.29. The molecule has 1 amide bonds. The third-order valence-corrected chi connectivity index (χ3v) is 5.24. The zero-order valence-corrected chi connectivity index (χ0v) is 16.3. The van der Waals surface area contributed by atoms with E-state index < -0.39 is 17.6 Å². The van der Waals surface area contributed by atoms with Crippen LogP contribution in [-0.2, 0) is 6.18 Å². The molecule has 0 aliphatic carbocycles. The molecule has 2 heterocycles. The lowest BCUT2D eigenvalue weighted by Crippen LogP contribution is -2.35. The van der Waals surface area contributed by atoms with Crippen molar-refractivity contribution in [2.75, 3.05) is 31.1 Å². The normalized spacial score (nSPS) is 15.6. The summed E-state index contributed by atoms with van der Waals surface area (Å²) in [5.41, 5.74) is -0.345. The number of carbonyl (C=O) groups excluding carboxylic acids is 1. The van der Waals surface area contributed by atoms with Gasteiger partial charge in [0.2, 0.25) is 0 Å². The molecule has 1 aliphatic heterocycles. The number of amides is 1. The largest absolute Gasteiger partial charge is 0.417 e. The van der Waals surface area contributed by atoms with Crippen molar-refractivity contribution in [3.8, 4) is 0 Å². The molecule has 27 heavy (non-hydrogen) atoms. The number of anilines is 1. The Morgan fingerprint density at radius 2 is 1.85 bits per heavy atom. The Balaban J connectivity index is 1.69. The number of hydrogen-bond acceptors (Lipinski definition) is 3. The monoisotopic (exact) mass is 493 g/mol. The Morgan fingerprint density at radius 1 is 1.07 bits per heavy atom. The molecule has 0 N–H and O–H groups in total. The number of benzene rings is 1. The van der Waals surface area contributed by atoms with Crippen molar-refractivity contribution < 1.29 is 22.4 Å². The Labute approximate surface area is 167 Å². The molecule has 0 atom stereocenters. The van der Waals surface area contributed by atoms with Crippen LogP contribution in [0.25, 0.3) is 0 Å². The van der Waals surface area contributed by atoms with Gasteiger partial charge in [0.05, 0.1) is 11.1 Å². The summed E-state index contributed by atoms with van der Waals surface area (Å²) in [5.74, 6) is -0.123. The first-order chi connectivity index (χ1) is 12.8. The lowest BCUT2D eigenvalue weighted by Gasteiger charge is -2.23. The predicted molar refractivity (Wildman–Crippen MR) is 101 cm³/mol. The molecule has 144 valence electrons. The lowest BCUT2D eigenvalue weighted by molar-refractivity contribution is -0.137. The van der Waals surface area contributed by atoms with E-state index in [4.69, 9.17) is 0 Å². The molecule has 3 rings (SSSR count). The van der Waals surface area contributed by atoms with Gasteiger partial charge in [-0.2, -0.15) is 13.2 Å². The van der Waals surface area contributed by atoms with Gasteiger partial charge in [-0.05, 0) is 59.3 Å². The Hall–Kier alpha value is -1.91. The summed E-state index contributed by atoms with van der Waals surface area (Å²) in [7, 11) is 0. The Morgan fingerprint density at radius 3 is 2.48 bits per heavy atom. The Kier molecular flexibility index (Phi) is 5.87. The highest BCUT2D eigenvalue weighted by Gasteiger charge is 2.31. The fourth-order valence-electron chi connectivity index (χ4n) is 2.92. The van der Waals surface area contributed by atoms with Crippen LogP contribution in [-0.4, -0.2) is 42.0 Å². The second kappa shape index (κ2) is 7.99. The van der Waals surface area contributed by atoms with Crippen LogP contribution in [0.5, 0.6) is 0 Å². The number of carbonyl (C=O) groups is 1. The number of aromatic nitrogens is 1. The molecule has 1 fully saturated rings. The van der Waals surface area contributed by atoms with Crippen molar-refractivity contribution >= 4 is 34.3 Å². The number of rotatable bonds is 2. The highest BCUT2D eigenvalue weighted by molar-refractivity contribution is 14.1. The third kappa shape index (κ3) is 4.69. The van der Waals surface area contributed by atoms with Gasteiger partial charge in [-0.25, -0.2) is 9.37 Å². The maximum atomic E-state index is 13.2. The van der Waals surface area contributed by atoms with Gasteiger partial charge in [-0.3, -0.25) is 4.79 Å². The number of halogens is 5. The first-order valence-corrected chi connectivity index (χ1v) is 9.36. The molecule has 1 aliphatic rings. The van der Waals surface area contributed by atoms with Crippen molar-refractivity contribution in [2.45, 2.75) is 12.6 Å². The fraction of sp³-hybridized carbons (Fsp3) is 0.333. The molecule has 1 aromatic carbocycles. The van der Waals surface area contributed by atoms with Gasteiger partial charge in [0.15, 0.2) is 0 Å². The topological polar surface area (TPSA) is 36.4 Å². The summed E-state index contributed by atoms with van der Waals surface area (Å²) in [4.78, 5) is 20.2. The van der Waals surface area contributed by atoms with Crippen LogP contribution in [0.15, 0.2) is 36.5 Å². The smallest absolute Gasteiger partial charge is 0.355 e. The molecule has 1 saturated heterocycles. The van der Waals surface area contributed by atoms with Crippen LogP contribution in [0.3, 0.4) is 0 Å². The molecule has 2 aromatic rings. The van der Waals surface area contributed by atoms with Crippen LogP contribution in [0.2, 0.25) is 0 Å². The zero-order chi connectivity index (χ0) is 19.6. The van der Waals surface area contributed by atoms with E-state index in [1.54, 1.807) is 4.90 Å². The number of pyridine rings is 1. The molecular weight excluding hydrogens is 477 g/mol. The molecular formula is C18H16F4IN3O. The molecule has 0 saturated carbocycles. The van der Waals surface area contributed by atoms with Crippen LogP contribution in [0.1, 0.15) is 22.3 Å². The van der Waals surface area contributed by atoms with Crippen LogP contribution < -0.4 is 4.90 Å². The maximum Gasteiger partial charge on any atom is 0.417 e. The van der Waals surface area contributed by atoms with Crippen molar-refractivity contribution in [1.82, 2.24) is 9.88 Å². The van der Waals surface area contributed by atoms with Gasteiger partial charge in [-0.1, -0.05) is 0 Å². The molecule has 0 spiro atoms. The Bertz CT molecular complexity index is 826. The zero-order valence-electron chi connectivity index (χ0n) is 14.1. The van der Waals surface area contributed by atoms with E-state index in [-0.39, 0.29) is 5.91 Å². The second-order valence-electron chi connectivity index (χ2n) is 6.16. The van der Waals surface area contributed by atoms with Crippen LogP contribution in [0.4, 0.5) is 23.4 Å². The molecule has 0 unspecified atom stereocenters. The molecule has 0 radical (unpaired) electrons. The minimum absolute atomic E-state index is 0.179. The van der Waals surface area contributed by atoms with Crippen LogP contribution in [0, 0.1) is 9.39 Å². The SMILES string of the molecule is O=C(c1ccc(F)cc1I)N1CCCN(c2ccc(C(F)(F)F)cn2)CC1. The highest BCUT2D eigenvalue weighted by atomic mass is 127. The molecule has 4 nitrogen and oxygen atoms in total. The summed E-state index contributed by atoms with van der Waals surface area (Å²) in [6.45, 7) is 1.98. The molecule has 1 aromatic heterocycles. The van der Waals surface area contributed by atoms with E-state index in [9.17, 15) is 22.4 Å². The van der Waals surface area contributed by atoms with Gasteiger partial charge in [0.25, 0.3) is 5.91 Å². The number of hydrogen-bond donors (Lipinski definition) is 0.